The molecule has 5 heteroatoms. The monoisotopic (exact) mass is 260 g/mol. The zero-order valence-electron chi connectivity index (χ0n) is 10.5. The van der Waals surface area contributed by atoms with Crippen LogP contribution in [0.3, 0.4) is 0 Å². The summed E-state index contributed by atoms with van der Waals surface area (Å²) in [6, 6.07) is 4.53. The second-order valence-corrected chi connectivity index (χ2v) is 4.54. The highest BCUT2D eigenvalue weighted by atomic mass is 19.1. The molecule has 0 bridgehead atoms. The van der Waals surface area contributed by atoms with Crippen LogP contribution in [0.25, 0.3) is 11.4 Å². The van der Waals surface area contributed by atoms with E-state index in [9.17, 15) is 9.18 Å². The van der Waals surface area contributed by atoms with Crippen LogP contribution in [0.4, 0.5) is 4.39 Å². The van der Waals surface area contributed by atoms with Crippen molar-refractivity contribution in [2.75, 3.05) is 7.11 Å². The van der Waals surface area contributed by atoms with Crippen LogP contribution in [0.1, 0.15) is 17.7 Å². The minimum Gasteiger partial charge on any atom is -0.494 e. The van der Waals surface area contributed by atoms with E-state index in [0.29, 0.717) is 11.4 Å². The molecule has 3 rings (SSSR count). The number of aromatic amines is 1. The van der Waals surface area contributed by atoms with Gasteiger partial charge in [-0.15, -0.1) is 0 Å². The molecule has 98 valence electrons. The summed E-state index contributed by atoms with van der Waals surface area (Å²) in [5.41, 5.74) is 2.02. The minimum atomic E-state index is -0.469. The summed E-state index contributed by atoms with van der Waals surface area (Å²) in [5, 5.41) is 0. The molecule has 0 amide bonds. The van der Waals surface area contributed by atoms with E-state index in [4.69, 9.17) is 4.74 Å². The predicted octanol–water partition coefficient (Wildman–Crippen LogP) is 2.07. The lowest BCUT2D eigenvalue weighted by Crippen LogP contribution is -2.15. The lowest BCUT2D eigenvalue weighted by molar-refractivity contribution is 0.386. The smallest absolute Gasteiger partial charge is 0.254 e. The van der Waals surface area contributed by atoms with Crippen LogP contribution in [-0.4, -0.2) is 17.1 Å². The summed E-state index contributed by atoms with van der Waals surface area (Å²) < 4.78 is 18.5. The summed E-state index contributed by atoms with van der Waals surface area (Å²) in [5.74, 6) is 0.114. The number of aromatic nitrogens is 2. The van der Waals surface area contributed by atoms with Crippen molar-refractivity contribution in [3.63, 3.8) is 0 Å². The number of fused-ring (bicyclic) bond motifs is 1. The van der Waals surface area contributed by atoms with E-state index in [2.05, 4.69) is 9.97 Å². The van der Waals surface area contributed by atoms with Crippen molar-refractivity contribution in [2.45, 2.75) is 19.3 Å². The molecule has 1 N–H and O–H groups in total. The van der Waals surface area contributed by atoms with Gasteiger partial charge in [0.25, 0.3) is 5.56 Å². The van der Waals surface area contributed by atoms with E-state index in [0.717, 1.165) is 30.5 Å². The number of benzene rings is 1. The Morgan fingerprint density at radius 1 is 1.37 bits per heavy atom. The number of hydrogen-bond donors (Lipinski definition) is 1. The Labute approximate surface area is 109 Å². The first-order chi connectivity index (χ1) is 9.19. The third kappa shape index (κ3) is 2.01. The lowest BCUT2D eigenvalue weighted by atomic mass is 10.2. The van der Waals surface area contributed by atoms with E-state index in [-0.39, 0.29) is 11.3 Å². The Bertz CT molecular complexity index is 694. The van der Waals surface area contributed by atoms with E-state index in [1.807, 2.05) is 0 Å². The van der Waals surface area contributed by atoms with Crippen molar-refractivity contribution in [1.82, 2.24) is 9.97 Å². The Balaban J connectivity index is 2.10. The van der Waals surface area contributed by atoms with Crippen LogP contribution in [0.15, 0.2) is 23.0 Å². The lowest BCUT2D eigenvalue weighted by Gasteiger charge is -2.06. The van der Waals surface area contributed by atoms with Gasteiger partial charge in [-0.2, -0.15) is 0 Å². The summed E-state index contributed by atoms with van der Waals surface area (Å²) in [4.78, 5) is 19.0. The second-order valence-electron chi connectivity index (χ2n) is 4.54. The SMILES string of the molecule is COc1ccc(-c2nc3c(c(=O)[nH]2)CCC3)cc1F. The number of ether oxygens (including phenoxy) is 1. The van der Waals surface area contributed by atoms with Gasteiger partial charge < -0.3 is 9.72 Å². The third-order valence-corrected chi connectivity index (χ3v) is 3.37. The molecule has 2 aromatic rings. The zero-order chi connectivity index (χ0) is 13.4. The fourth-order valence-corrected chi connectivity index (χ4v) is 2.39. The van der Waals surface area contributed by atoms with Crippen LogP contribution in [0.2, 0.25) is 0 Å². The van der Waals surface area contributed by atoms with Gasteiger partial charge in [0.05, 0.1) is 12.8 Å². The van der Waals surface area contributed by atoms with Crippen LogP contribution in [0.5, 0.6) is 5.75 Å². The van der Waals surface area contributed by atoms with Gasteiger partial charge in [-0.25, -0.2) is 9.37 Å². The van der Waals surface area contributed by atoms with Crippen LogP contribution in [0, 0.1) is 5.82 Å². The highest BCUT2D eigenvalue weighted by molar-refractivity contribution is 5.57. The van der Waals surface area contributed by atoms with Gasteiger partial charge in [-0.05, 0) is 37.5 Å². The number of nitrogens with zero attached hydrogens (tertiary/aromatic N) is 1. The zero-order valence-corrected chi connectivity index (χ0v) is 10.5. The molecule has 0 unspecified atom stereocenters. The molecule has 0 fully saturated rings. The first-order valence-corrected chi connectivity index (χ1v) is 6.15. The average Bonchev–Trinajstić information content (AvgIpc) is 2.87. The molecule has 0 saturated heterocycles. The number of aryl methyl sites for hydroxylation is 1. The fraction of sp³-hybridized carbons (Fsp3) is 0.286. The molecular formula is C14H13FN2O2. The summed E-state index contributed by atoms with van der Waals surface area (Å²) >= 11 is 0. The van der Waals surface area contributed by atoms with Crippen LogP contribution >= 0.6 is 0 Å². The van der Waals surface area contributed by atoms with Gasteiger partial charge in [0.15, 0.2) is 11.6 Å². The third-order valence-electron chi connectivity index (χ3n) is 3.37. The minimum absolute atomic E-state index is 0.117. The fourth-order valence-electron chi connectivity index (χ4n) is 2.39. The normalized spacial score (nSPS) is 13.4. The summed E-state index contributed by atoms with van der Waals surface area (Å²) in [6.07, 6.45) is 2.53. The molecule has 19 heavy (non-hydrogen) atoms. The molecule has 4 nitrogen and oxygen atoms in total. The largest absolute Gasteiger partial charge is 0.494 e. The predicted molar refractivity (Wildman–Crippen MR) is 68.8 cm³/mol. The van der Waals surface area contributed by atoms with Crippen LogP contribution < -0.4 is 10.3 Å². The Hall–Kier alpha value is -2.17. The van der Waals surface area contributed by atoms with Gasteiger partial charge in [-0.3, -0.25) is 4.79 Å². The molecule has 0 radical (unpaired) electrons. The van der Waals surface area contributed by atoms with Crippen molar-refractivity contribution < 1.29 is 9.13 Å². The van der Waals surface area contributed by atoms with Crippen molar-refractivity contribution in [3.05, 3.63) is 45.6 Å². The molecule has 0 spiro atoms. The molecule has 0 atom stereocenters. The van der Waals surface area contributed by atoms with E-state index in [1.165, 1.54) is 19.2 Å². The quantitative estimate of drug-likeness (QED) is 0.899. The number of hydrogen-bond acceptors (Lipinski definition) is 3. The second kappa shape index (κ2) is 4.50. The topological polar surface area (TPSA) is 55.0 Å². The summed E-state index contributed by atoms with van der Waals surface area (Å²) in [6.45, 7) is 0. The Kier molecular flexibility index (Phi) is 2.81. The number of methoxy groups -OCH3 is 1. The number of nitrogens with one attached hydrogen (secondary N) is 1. The van der Waals surface area contributed by atoms with E-state index >= 15 is 0 Å². The van der Waals surface area contributed by atoms with Crippen molar-refractivity contribution >= 4 is 0 Å². The first-order valence-electron chi connectivity index (χ1n) is 6.15. The van der Waals surface area contributed by atoms with Gasteiger partial charge >= 0.3 is 0 Å². The maximum atomic E-state index is 13.7. The van der Waals surface area contributed by atoms with Gasteiger partial charge in [0.2, 0.25) is 0 Å². The molecule has 1 heterocycles. The van der Waals surface area contributed by atoms with E-state index < -0.39 is 5.82 Å². The molecular weight excluding hydrogens is 247 g/mol. The van der Waals surface area contributed by atoms with E-state index in [1.54, 1.807) is 6.07 Å². The van der Waals surface area contributed by atoms with Crippen molar-refractivity contribution in [1.29, 1.82) is 0 Å². The Morgan fingerprint density at radius 2 is 2.21 bits per heavy atom. The van der Waals surface area contributed by atoms with Gasteiger partial charge in [0.1, 0.15) is 5.82 Å². The average molecular weight is 260 g/mol. The van der Waals surface area contributed by atoms with Crippen molar-refractivity contribution in [2.24, 2.45) is 0 Å². The number of halogens is 1. The molecule has 0 aliphatic heterocycles. The molecule has 1 aliphatic carbocycles. The van der Waals surface area contributed by atoms with Crippen molar-refractivity contribution in [3.8, 4) is 17.1 Å². The molecule has 1 aliphatic rings. The molecule has 0 saturated carbocycles. The molecule has 1 aromatic heterocycles. The maximum Gasteiger partial charge on any atom is 0.254 e. The number of rotatable bonds is 2. The Morgan fingerprint density at radius 3 is 2.95 bits per heavy atom. The van der Waals surface area contributed by atoms with Crippen LogP contribution in [-0.2, 0) is 12.8 Å². The van der Waals surface area contributed by atoms with Gasteiger partial charge in [-0.1, -0.05) is 0 Å². The summed E-state index contributed by atoms with van der Waals surface area (Å²) in [7, 11) is 1.41. The molecule has 1 aromatic carbocycles. The highest BCUT2D eigenvalue weighted by Gasteiger charge is 2.18. The highest BCUT2D eigenvalue weighted by Crippen LogP contribution is 2.24. The number of H-pyrrole nitrogens is 1. The standard InChI is InChI=1S/C14H13FN2O2/c1-19-12-6-5-8(7-10(12)15)13-16-11-4-2-3-9(11)14(18)17-13/h5-7H,2-4H2,1H3,(H,16,17,18). The van der Waals surface area contributed by atoms with Gasteiger partial charge in [0, 0.05) is 11.1 Å². The maximum absolute atomic E-state index is 13.7. The first kappa shape index (κ1) is 11.9.